The predicted octanol–water partition coefficient (Wildman–Crippen LogP) is 3.22. The van der Waals surface area contributed by atoms with Gasteiger partial charge >= 0.3 is 0 Å². The third-order valence-electron chi connectivity index (χ3n) is 4.04. The number of rotatable bonds is 6. The number of aliphatic hydroxyl groups excluding tert-OH is 1. The summed E-state index contributed by atoms with van der Waals surface area (Å²) in [6.07, 6.45) is -0.348. The van der Waals surface area contributed by atoms with Crippen molar-refractivity contribution in [2.24, 2.45) is 0 Å². The summed E-state index contributed by atoms with van der Waals surface area (Å²) in [5, 5.41) is 27.1. The van der Waals surface area contributed by atoms with E-state index in [4.69, 9.17) is 11.6 Å². The van der Waals surface area contributed by atoms with E-state index in [2.05, 4.69) is 10.4 Å². The summed E-state index contributed by atoms with van der Waals surface area (Å²) in [6.45, 7) is -0.333. The van der Waals surface area contributed by atoms with Crippen LogP contribution in [-0.4, -0.2) is 26.4 Å². The normalized spacial score (nSPS) is 11.9. The molecule has 1 atom stereocenters. The van der Waals surface area contributed by atoms with E-state index in [1.54, 1.807) is 0 Å². The van der Waals surface area contributed by atoms with Crippen molar-refractivity contribution < 1.29 is 18.8 Å². The molecule has 8 nitrogen and oxygen atoms in total. The third kappa shape index (κ3) is 4.23. The summed E-state index contributed by atoms with van der Waals surface area (Å²) in [6, 6.07) is 8.29. The van der Waals surface area contributed by atoms with Crippen LogP contribution in [0.2, 0.25) is 5.02 Å². The molecule has 1 unspecified atom stereocenters. The quantitative estimate of drug-likeness (QED) is 0.466. The molecule has 2 aromatic carbocycles. The molecule has 0 aliphatic heterocycles. The van der Waals surface area contributed by atoms with Crippen molar-refractivity contribution in [3.8, 4) is 5.69 Å². The van der Waals surface area contributed by atoms with Crippen molar-refractivity contribution in [1.29, 1.82) is 0 Å². The fourth-order valence-electron chi connectivity index (χ4n) is 2.59. The Labute approximate surface area is 167 Å². The third-order valence-corrected chi connectivity index (χ3v) is 4.41. The number of hydrogen-bond acceptors (Lipinski definition) is 6. The summed E-state index contributed by atoms with van der Waals surface area (Å²) in [7, 11) is 0. The van der Waals surface area contributed by atoms with E-state index < -0.39 is 33.8 Å². The van der Waals surface area contributed by atoms with E-state index >= 15 is 0 Å². The van der Waals surface area contributed by atoms with Crippen LogP contribution in [0.5, 0.6) is 0 Å². The molecule has 0 radical (unpaired) electrons. The van der Waals surface area contributed by atoms with Crippen molar-refractivity contribution in [2.45, 2.75) is 6.10 Å². The average Bonchev–Trinajstić information content (AvgIpc) is 2.69. The van der Waals surface area contributed by atoms with Gasteiger partial charge in [-0.15, -0.1) is 0 Å². The molecule has 0 saturated carbocycles. The molecule has 2 N–H and O–H groups in total. The van der Waals surface area contributed by atoms with Gasteiger partial charge in [-0.3, -0.25) is 14.9 Å². The molecule has 3 aromatic rings. The van der Waals surface area contributed by atoms with Gasteiger partial charge in [-0.25, -0.2) is 8.78 Å². The maximum absolute atomic E-state index is 13.7. The number of nitrogens with one attached hydrogen (secondary N) is 1. The number of nitro benzene ring substituents is 1. The molecule has 1 aromatic heterocycles. The molecule has 0 spiro atoms. The first kappa shape index (κ1) is 20.4. The lowest BCUT2D eigenvalue weighted by Gasteiger charge is -2.15. The van der Waals surface area contributed by atoms with Gasteiger partial charge in [0.1, 0.15) is 22.8 Å². The monoisotopic (exact) mass is 422 g/mol. The lowest BCUT2D eigenvalue weighted by Crippen LogP contribution is -2.24. The lowest BCUT2D eigenvalue weighted by molar-refractivity contribution is -0.384. The second-order valence-corrected chi connectivity index (χ2v) is 6.27. The number of hydrogen-bond donors (Lipinski definition) is 2. The SMILES string of the molecule is O=c1c(Cl)c(NCC(O)c2c(F)cccc2F)cnn1-c1ccc([N+](=O)[O-])cc1. The van der Waals surface area contributed by atoms with Gasteiger partial charge < -0.3 is 10.4 Å². The van der Waals surface area contributed by atoms with E-state index in [0.717, 1.165) is 16.8 Å². The van der Waals surface area contributed by atoms with Crippen LogP contribution in [0.1, 0.15) is 11.7 Å². The standard InChI is InChI=1S/C18H13ClF2N4O4/c19-17-14(22-9-15(26)16-12(20)2-1-3-13(16)21)8-23-24(18(17)27)10-4-6-11(7-5-10)25(28)29/h1-8,15,22,26H,9H2. The Balaban J connectivity index is 1.81. The molecule has 1 heterocycles. The van der Waals surface area contributed by atoms with Crippen LogP contribution in [0.4, 0.5) is 20.2 Å². The minimum absolute atomic E-state index is 0.0469. The van der Waals surface area contributed by atoms with Gasteiger partial charge in [0.25, 0.3) is 11.2 Å². The van der Waals surface area contributed by atoms with Gasteiger partial charge in [0.2, 0.25) is 0 Å². The van der Waals surface area contributed by atoms with Crippen molar-refractivity contribution in [1.82, 2.24) is 9.78 Å². The van der Waals surface area contributed by atoms with Gasteiger partial charge in [0.15, 0.2) is 0 Å². The Morgan fingerprint density at radius 2 is 1.83 bits per heavy atom. The molecule has 0 aliphatic carbocycles. The molecule has 0 amide bonds. The molecule has 0 bridgehead atoms. The van der Waals surface area contributed by atoms with Crippen LogP contribution in [0.15, 0.2) is 53.5 Å². The number of nitro groups is 1. The fraction of sp³-hybridized carbons (Fsp3) is 0.111. The minimum atomic E-state index is -1.54. The van der Waals surface area contributed by atoms with Crippen LogP contribution in [0.3, 0.4) is 0 Å². The van der Waals surface area contributed by atoms with Crippen molar-refractivity contribution in [3.63, 3.8) is 0 Å². The van der Waals surface area contributed by atoms with Gasteiger partial charge in [-0.05, 0) is 24.3 Å². The van der Waals surface area contributed by atoms with E-state index in [-0.39, 0.29) is 28.6 Å². The highest BCUT2D eigenvalue weighted by atomic mass is 35.5. The van der Waals surface area contributed by atoms with Crippen LogP contribution >= 0.6 is 11.6 Å². The molecular weight excluding hydrogens is 410 g/mol. The Hall–Kier alpha value is -3.37. The Morgan fingerprint density at radius 3 is 2.41 bits per heavy atom. The first-order chi connectivity index (χ1) is 13.8. The zero-order chi connectivity index (χ0) is 21.1. The second-order valence-electron chi connectivity index (χ2n) is 5.89. The zero-order valence-electron chi connectivity index (χ0n) is 14.6. The van der Waals surface area contributed by atoms with Gasteiger partial charge in [0, 0.05) is 18.7 Å². The minimum Gasteiger partial charge on any atom is -0.386 e. The predicted molar refractivity (Wildman–Crippen MR) is 101 cm³/mol. The molecule has 11 heteroatoms. The van der Waals surface area contributed by atoms with Crippen molar-refractivity contribution >= 4 is 23.0 Å². The summed E-state index contributed by atoms with van der Waals surface area (Å²) in [5.41, 5.74) is -1.09. The van der Waals surface area contributed by atoms with Crippen LogP contribution in [-0.2, 0) is 0 Å². The molecule has 3 rings (SSSR count). The second kappa shape index (κ2) is 8.33. The largest absolute Gasteiger partial charge is 0.386 e. The van der Waals surface area contributed by atoms with Crippen LogP contribution < -0.4 is 10.9 Å². The highest BCUT2D eigenvalue weighted by Crippen LogP contribution is 2.23. The summed E-state index contributed by atoms with van der Waals surface area (Å²) in [5.74, 6) is -1.81. The molecular formula is C18H13ClF2N4O4. The van der Waals surface area contributed by atoms with Gasteiger partial charge in [-0.2, -0.15) is 9.78 Å². The number of anilines is 1. The number of benzene rings is 2. The molecule has 0 saturated heterocycles. The van der Waals surface area contributed by atoms with E-state index in [1.165, 1.54) is 36.5 Å². The van der Waals surface area contributed by atoms with Gasteiger partial charge in [-0.1, -0.05) is 17.7 Å². The fourth-order valence-corrected chi connectivity index (χ4v) is 2.79. The van der Waals surface area contributed by atoms with Gasteiger partial charge in [0.05, 0.1) is 28.1 Å². The Morgan fingerprint density at radius 1 is 1.21 bits per heavy atom. The number of halogens is 3. The van der Waals surface area contributed by atoms with E-state index in [9.17, 15) is 28.8 Å². The van der Waals surface area contributed by atoms with Crippen molar-refractivity contribution in [2.75, 3.05) is 11.9 Å². The van der Waals surface area contributed by atoms with E-state index in [1.807, 2.05) is 0 Å². The number of aromatic nitrogens is 2. The highest BCUT2D eigenvalue weighted by molar-refractivity contribution is 6.32. The molecule has 0 fully saturated rings. The number of non-ortho nitro benzene ring substituents is 1. The first-order valence-electron chi connectivity index (χ1n) is 8.18. The van der Waals surface area contributed by atoms with Crippen molar-refractivity contribution in [3.05, 3.63) is 91.4 Å². The Kier molecular flexibility index (Phi) is 5.85. The Bertz CT molecular complexity index is 1100. The molecule has 29 heavy (non-hydrogen) atoms. The topological polar surface area (TPSA) is 110 Å². The maximum atomic E-state index is 13.7. The number of aliphatic hydroxyl groups is 1. The summed E-state index contributed by atoms with van der Waals surface area (Å²) >= 11 is 6.05. The maximum Gasteiger partial charge on any atom is 0.292 e. The van der Waals surface area contributed by atoms with Crippen LogP contribution in [0, 0.1) is 21.7 Å². The highest BCUT2D eigenvalue weighted by Gasteiger charge is 2.19. The first-order valence-corrected chi connectivity index (χ1v) is 8.56. The number of nitrogens with zero attached hydrogens (tertiary/aromatic N) is 3. The summed E-state index contributed by atoms with van der Waals surface area (Å²) in [4.78, 5) is 22.6. The summed E-state index contributed by atoms with van der Waals surface area (Å²) < 4.78 is 28.4. The zero-order valence-corrected chi connectivity index (χ0v) is 15.3. The lowest BCUT2D eigenvalue weighted by atomic mass is 10.1. The average molecular weight is 423 g/mol. The molecule has 0 aliphatic rings. The smallest absolute Gasteiger partial charge is 0.292 e. The molecule has 150 valence electrons. The van der Waals surface area contributed by atoms with Crippen LogP contribution in [0.25, 0.3) is 5.69 Å². The van der Waals surface area contributed by atoms with E-state index in [0.29, 0.717) is 0 Å².